The van der Waals surface area contributed by atoms with E-state index < -0.39 is 5.97 Å². The van der Waals surface area contributed by atoms with Crippen LogP contribution in [-0.2, 0) is 20.9 Å². The van der Waals surface area contributed by atoms with E-state index in [1.807, 2.05) is 30.5 Å². The molecule has 1 heterocycles. The SMILES string of the molecule is Cc1ccsc1/C=C/C(=O)OCC(=O)NCc1ccc(Cl)cc1. The molecule has 1 N–H and O–H groups in total. The normalized spacial score (nSPS) is 10.7. The topological polar surface area (TPSA) is 55.4 Å². The number of esters is 1. The molecule has 0 spiro atoms. The van der Waals surface area contributed by atoms with Crippen LogP contribution in [0.1, 0.15) is 16.0 Å². The molecule has 23 heavy (non-hydrogen) atoms. The summed E-state index contributed by atoms with van der Waals surface area (Å²) in [7, 11) is 0. The van der Waals surface area contributed by atoms with Crippen LogP contribution >= 0.6 is 22.9 Å². The number of ether oxygens (including phenoxy) is 1. The number of thiophene rings is 1. The van der Waals surface area contributed by atoms with Crippen molar-refractivity contribution in [2.75, 3.05) is 6.61 Å². The Labute approximate surface area is 143 Å². The maximum absolute atomic E-state index is 11.6. The zero-order chi connectivity index (χ0) is 16.7. The first-order chi connectivity index (χ1) is 11.0. The third-order valence-corrected chi connectivity index (χ3v) is 4.26. The van der Waals surface area contributed by atoms with Gasteiger partial charge in [0.1, 0.15) is 0 Å². The van der Waals surface area contributed by atoms with Gasteiger partial charge in [-0.05, 0) is 47.7 Å². The van der Waals surface area contributed by atoms with Gasteiger partial charge < -0.3 is 10.1 Å². The minimum Gasteiger partial charge on any atom is -0.452 e. The van der Waals surface area contributed by atoms with E-state index in [4.69, 9.17) is 16.3 Å². The number of hydrogen-bond acceptors (Lipinski definition) is 4. The lowest BCUT2D eigenvalue weighted by atomic mass is 10.2. The monoisotopic (exact) mass is 349 g/mol. The summed E-state index contributed by atoms with van der Waals surface area (Å²) in [6, 6.07) is 9.11. The van der Waals surface area contributed by atoms with Crippen molar-refractivity contribution in [3.05, 3.63) is 62.8 Å². The molecule has 4 nitrogen and oxygen atoms in total. The zero-order valence-electron chi connectivity index (χ0n) is 12.5. The minimum atomic E-state index is -0.542. The maximum Gasteiger partial charge on any atom is 0.331 e. The van der Waals surface area contributed by atoms with Crippen LogP contribution in [0.2, 0.25) is 5.02 Å². The summed E-state index contributed by atoms with van der Waals surface area (Å²) < 4.78 is 4.90. The molecule has 2 rings (SSSR count). The standard InChI is InChI=1S/C17H16ClNO3S/c1-12-8-9-23-15(12)6-7-17(21)22-11-16(20)19-10-13-2-4-14(18)5-3-13/h2-9H,10-11H2,1H3,(H,19,20)/b7-6+. The molecule has 0 saturated carbocycles. The van der Waals surface area contributed by atoms with Gasteiger partial charge in [-0.1, -0.05) is 23.7 Å². The lowest BCUT2D eigenvalue weighted by Gasteiger charge is -2.05. The zero-order valence-corrected chi connectivity index (χ0v) is 14.1. The number of amides is 1. The van der Waals surface area contributed by atoms with E-state index in [0.29, 0.717) is 11.6 Å². The maximum atomic E-state index is 11.6. The Bertz CT molecular complexity index is 707. The molecule has 120 valence electrons. The number of carbonyl (C=O) groups is 2. The summed E-state index contributed by atoms with van der Waals surface area (Å²) in [5.74, 6) is -0.895. The number of nitrogens with one attached hydrogen (secondary N) is 1. The van der Waals surface area contributed by atoms with Crippen LogP contribution in [0.15, 0.2) is 41.8 Å². The summed E-state index contributed by atoms with van der Waals surface area (Å²) in [6.07, 6.45) is 3.01. The first-order valence-corrected chi connectivity index (χ1v) is 8.20. The molecule has 0 saturated heterocycles. The number of halogens is 1. The molecule has 0 fully saturated rings. The molecule has 0 radical (unpaired) electrons. The average Bonchev–Trinajstić information content (AvgIpc) is 2.95. The fraction of sp³-hybridized carbons (Fsp3) is 0.176. The van der Waals surface area contributed by atoms with Gasteiger partial charge in [-0.15, -0.1) is 11.3 Å². The van der Waals surface area contributed by atoms with Crippen LogP contribution in [0.4, 0.5) is 0 Å². The van der Waals surface area contributed by atoms with E-state index in [9.17, 15) is 9.59 Å². The van der Waals surface area contributed by atoms with Gasteiger partial charge in [0.2, 0.25) is 0 Å². The highest BCUT2D eigenvalue weighted by Crippen LogP contribution is 2.16. The van der Waals surface area contributed by atoms with E-state index in [1.54, 1.807) is 18.2 Å². The van der Waals surface area contributed by atoms with E-state index in [1.165, 1.54) is 17.4 Å². The van der Waals surface area contributed by atoms with Gasteiger partial charge in [0.05, 0.1) is 0 Å². The van der Waals surface area contributed by atoms with Crippen LogP contribution in [0.5, 0.6) is 0 Å². The molecule has 1 aromatic carbocycles. The fourth-order valence-corrected chi connectivity index (χ4v) is 2.68. The molecule has 0 unspecified atom stereocenters. The third-order valence-electron chi connectivity index (χ3n) is 3.02. The average molecular weight is 350 g/mol. The van der Waals surface area contributed by atoms with Crippen molar-refractivity contribution in [1.82, 2.24) is 5.32 Å². The highest BCUT2D eigenvalue weighted by molar-refractivity contribution is 7.11. The summed E-state index contributed by atoms with van der Waals surface area (Å²) in [4.78, 5) is 24.2. The van der Waals surface area contributed by atoms with E-state index in [-0.39, 0.29) is 12.5 Å². The molecule has 2 aromatic rings. The molecular weight excluding hydrogens is 334 g/mol. The van der Waals surface area contributed by atoms with Gasteiger partial charge >= 0.3 is 5.97 Å². The molecular formula is C17H16ClNO3S. The van der Waals surface area contributed by atoms with Crippen molar-refractivity contribution < 1.29 is 14.3 Å². The lowest BCUT2D eigenvalue weighted by Crippen LogP contribution is -2.28. The van der Waals surface area contributed by atoms with Crippen molar-refractivity contribution in [2.45, 2.75) is 13.5 Å². The first kappa shape index (κ1) is 17.2. The Kier molecular flexibility index (Phi) is 6.38. The first-order valence-electron chi connectivity index (χ1n) is 6.94. The highest BCUT2D eigenvalue weighted by atomic mass is 35.5. The second kappa shape index (κ2) is 8.50. The molecule has 6 heteroatoms. The van der Waals surface area contributed by atoms with Crippen LogP contribution in [0.25, 0.3) is 6.08 Å². The van der Waals surface area contributed by atoms with Gasteiger partial charge in [-0.3, -0.25) is 4.79 Å². The summed E-state index contributed by atoms with van der Waals surface area (Å²) in [6.45, 7) is 2.02. The molecule has 1 aromatic heterocycles. The highest BCUT2D eigenvalue weighted by Gasteiger charge is 2.05. The van der Waals surface area contributed by atoms with Crippen LogP contribution in [0, 0.1) is 6.92 Å². The molecule has 1 amide bonds. The van der Waals surface area contributed by atoms with E-state index in [2.05, 4.69) is 5.32 Å². The number of carbonyl (C=O) groups excluding carboxylic acids is 2. The fourth-order valence-electron chi connectivity index (χ4n) is 1.74. The third kappa shape index (κ3) is 5.88. The van der Waals surface area contributed by atoms with E-state index in [0.717, 1.165) is 16.0 Å². The van der Waals surface area contributed by atoms with Crippen molar-refractivity contribution in [2.24, 2.45) is 0 Å². The van der Waals surface area contributed by atoms with Gasteiger partial charge in [0.25, 0.3) is 5.91 Å². The van der Waals surface area contributed by atoms with Crippen LogP contribution in [0.3, 0.4) is 0 Å². The number of rotatable bonds is 6. The quantitative estimate of drug-likeness (QED) is 0.640. The van der Waals surface area contributed by atoms with Crippen molar-refractivity contribution in [3.63, 3.8) is 0 Å². The Balaban J connectivity index is 1.71. The van der Waals surface area contributed by atoms with Gasteiger partial charge in [0, 0.05) is 22.5 Å². The molecule has 0 aliphatic heterocycles. The van der Waals surface area contributed by atoms with Crippen molar-refractivity contribution in [1.29, 1.82) is 0 Å². The smallest absolute Gasteiger partial charge is 0.331 e. The van der Waals surface area contributed by atoms with Crippen LogP contribution < -0.4 is 5.32 Å². The van der Waals surface area contributed by atoms with Gasteiger partial charge in [0.15, 0.2) is 6.61 Å². The van der Waals surface area contributed by atoms with Crippen molar-refractivity contribution in [3.8, 4) is 0 Å². The molecule has 0 atom stereocenters. The van der Waals surface area contributed by atoms with Gasteiger partial charge in [-0.25, -0.2) is 4.79 Å². The number of aryl methyl sites for hydroxylation is 1. The Morgan fingerprint density at radius 1 is 1.26 bits per heavy atom. The number of hydrogen-bond donors (Lipinski definition) is 1. The Morgan fingerprint density at radius 2 is 2.00 bits per heavy atom. The second-order valence-electron chi connectivity index (χ2n) is 4.81. The minimum absolute atomic E-state index is 0.305. The van der Waals surface area contributed by atoms with E-state index >= 15 is 0 Å². The summed E-state index contributed by atoms with van der Waals surface area (Å²) >= 11 is 7.32. The van der Waals surface area contributed by atoms with Gasteiger partial charge in [-0.2, -0.15) is 0 Å². The lowest BCUT2D eigenvalue weighted by molar-refractivity contribution is -0.143. The van der Waals surface area contributed by atoms with Crippen LogP contribution in [-0.4, -0.2) is 18.5 Å². The predicted octanol–water partition coefficient (Wildman–Crippen LogP) is 3.58. The second-order valence-corrected chi connectivity index (χ2v) is 6.20. The number of benzene rings is 1. The summed E-state index contributed by atoms with van der Waals surface area (Å²) in [5, 5.41) is 5.26. The largest absolute Gasteiger partial charge is 0.452 e. The summed E-state index contributed by atoms with van der Waals surface area (Å²) in [5.41, 5.74) is 2.02. The molecule has 0 aliphatic rings. The molecule has 0 bridgehead atoms. The predicted molar refractivity (Wildman–Crippen MR) is 92.3 cm³/mol. The Morgan fingerprint density at radius 3 is 2.65 bits per heavy atom. The Hall–Kier alpha value is -2.11. The molecule has 0 aliphatic carbocycles. The van der Waals surface area contributed by atoms with Crippen molar-refractivity contribution >= 4 is 40.9 Å².